The van der Waals surface area contributed by atoms with E-state index in [1.165, 1.54) is 31.2 Å². The summed E-state index contributed by atoms with van der Waals surface area (Å²) in [6.07, 6.45) is 2.08. The van der Waals surface area contributed by atoms with Crippen molar-refractivity contribution in [3.05, 3.63) is 29.8 Å². The number of nitrogens with two attached hydrogens (primary N) is 1. The summed E-state index contributed by atoms with van der Waals surface area (Å²) >= 11 is 0. The number of nitrogens with one attached hydrogen (secondary N) is 1. The molecular formula is C21H25N3O6. The lowest BCUT2D eigenvalue weighted by Gasteiger charge is -2.19. The van der Waals surface area contributed by atoms with Crippen molar-refractivity contribution >= 4 is 35.3 Å². The second kappa shape index (κ2) is 9.06. The van der Waals surface area contributed by atoms with Crippen molar-refractivity contribution in [2.24, 2.45) is 17.6 Å². The van der Waals surface area contributed by atoms with Gasteiger partial charge in [-0.1, -0.05) is 12.8 Å². The van der Waals surface area contributed by atoms with Crippen LogP contribution in [0.15, 0.2) is 24.3 Å². The van der Waals surface area contributed by atoms with Crippen LogP contribution >= 0.6 is 0 Å². The van der Waals surface area contributed by atoms with Gasteiger partial charge in [-0.2, -0.15) is 0 Å². The summed E-state index contributed by atoms with van der Waals surface area (Å²) in [5, 5.41) is 2.57. The quantitative estimate of drug-likeness (QED) is 0.508. The van der Waals surface area contributed by atoms with Gasteiger partial charge in [-0.15, -0.1) is 0 Å². The Balaban J connectivity index is 1.47. The molecule has 1 saturated carbocycles. The fourth-order valence-corrected chi connectivity index (χ4v) is 3.93. The van der Waals surface area contributed by atoms with Crippen LogP contribution in [0.2, 0.25) is 0 Å². The van der Waals surface area contributed by atoms with E-state index in [1.807, 2.05) is 0 Å². The van der Waals surface area contributed by atoms with Gasteiger partial charge in [0.15, 0.2) is 6.10 Å². The molecule has 3 atom stereocenters. The van der Waals surface area contributed by atoms with Gasteiger partial charge < -0.3 is 15.8 Å². The van der Waals surface area contributed by atoms with Crippen molar-refractivity contribution in [1.82, 2.24) is 4.90 Å². The predicted molar refractivity (Wildman–Crippen MR) is 106 cm³/mol. The Kier molecular flexibility index (Phi) is 6.49. The molecule has 9 heteroatoms. The zero-order valence-electron chi connectivity index (χ0n) is 16.8. The molecule has 1 aliphatic heterocycles. The normalized spacial score (nSPS) is 21.7. The van der Waals surface area contributed by atoms with Crippen LogP contribution in [0.1, 0.15) is 49.4 Å². The van der Waals surface area contributed by atoms with Crippen LogP contribution in [0.3, 0.4) is 0 Å². The average molecular weight is 415 g/mol. The number of carbonyl (C=O) groups is 5. The van der Waals surface area contributed by atoms with Crippen LogP contribution < -0.4 is 11.1 Å². The second-order valence-corrected chi connectivity index (χ2v) is 7.64. The van der Waals surface area contributed by atoms with Crippen molar-refractivity contribution < 1.29 is 28.7 Å². The van der Waals surface area contributed by atoms with Crippen LogP contribution in [0.4, 0.5) is 5.69 Å². The molecule has 0 spiro atoms. The van der Waals surface area contributed by atoms with Gasteiger partial charge in [0.2, 0.25) is 17.7 Å². The number of hydrogen-bond donors (Lipinski definition) is 2. The van der Waals surface area contributed by atoms with Gasteiger partial charge in [0, 0.05) is 17.8 Å². The molecule has 1 heterocycles. The van der Waals surface area contributed by atoms with E-state index in [0.717, 1.165) is 17.7 Å². The topological polar surface area (TPSA) is 136 Å². The predicted octanol–water partition coefficient (Wildman–Crippen LogP) is 1.22. The van der Waals surface area contributed by atoms with E-state index in [2.05, 4.69) is 5.32 Å². The third-order valence-electron chi connectivity index (χ3n) is 5.59. The van der Waals surface area contributed by atoms with Crippen LogP contribution in [0.25, 0.3) is 0 Å². The molecule has 0 aromatic heterocycles. The van der Waals surface area contributed by atoms with Gasteiger partial charge >= 0.3 is 5.97 Å². The summed E-state index contributed by atoms with van der Waals surface area (Å²) < 4.78 is 5.12. The van der Waals surface area contributed by atoms with Gasteiger partial charge in [-0.25, -0.2) is 0 Å². The van der Waals surface area contributed by atoms with E-state index in [1.54, 1.807) is 0 Å². The number of esters is 1. The van der Waals surface area contributed by atoms with E-state index < -0.39 is 23.9 Å². The molecule has 1 aromatic carbocycles. The minimum atomic E-state index is -1.07. The minimum absolute atomic E-state index is 0.0353. The average Bonchev–Trinajstić information content (AvgIpc) is 2.97. The maximum Gasteiger partial charge on any atom is 0.308 e. The van der Waals surface area contributed by atoms with Crippen molar-refractivity contribution in [2.75, 3.05) is 11.9 Å². The van der Waals surface area contributed by atoms with E-state index in [-0.39, 0.29) is 36.6 Å². The van der Waals surface area contributed by atoms with Crippen molar-refractivity contribution in [3.63, 3.8) is 0 Å². The smallest absolute Gasteiger partial charge is 0.308 e. The summed E-state index contributed by atoms with van der Waals surface area (Å²) in [5.41, 5.74) is 5.89. The Hall–Kier alpha value is -3.23. The molecular weight excluding hydrogens is 390 g/mol. The highest BCUT2D eigenvalue weighted by Crippen LogP contribution is 2.37. The number of nitrogens with zero attached hydrogens (tertiary/aromatic N) is 1. The first-order valence-electron chi connectivity index (χ1n) is 10.0. The molecule has 1 saturated heterocycles. The Labute approximate surface area is 173 Å². The lowest BCUT2D eigenvalue weighted by Crippen LogP contribution is -2.35. The van der Waals surface area contributed by atoms with Crippen LogP contribution in [-0.2, 0) is 23.9 Å². The highest BCUT2D eigenvalue weighted by molar-refractivity contribution is 6.05. The van der Waals surface area contributed by atoms with Crippen LogP contribution in [0.5, 0.6) is 0 Å². The zero-order chi connectivity index (χ0) is 21.8. The molecule has 3 unspecified atom stereocenters. The monoisotopic (exact) mass is 415 g/mol. The highest BCUT2D eigenvalue weighted by Gasteiger charge is 2.47. The third kappa shape index (κ3) is 4.67. The number of amides is 4. The van der Waals surface area contributed by atoms with E-state index in [0.29, 0.717) is 24.1 Å². The second-order valence-electron chi connectivity index (χ2n) is 7.64. The maximum atomic E-state index is 12.4. The zero-order valence-corrected chi connectivity index (χ0v) is 16.8. The van der Waals surface area contributed by atoms with Gasteiger partial charge in [-0.05, 0) is 44.0 Å². The number of carbonyl (C=O) groups excluding carboxylic acids is 5. The third-order valence-corrected chi connectivity index (χ3v) is 5.59. The fourth-order valence-electron chi connectivity index (χ4n) is 3.93. The molecule has 4 amide bonds. The standard InChI is InChI=1S/C21H25N3O6/c1-12(19(27)23-14-8-6-13(7-9-14)18(22)26)30-17(25)10-11-24-20(28)15-4-2-3-5-16(15)21(24)29/h6-9,12,15-16H,2-5,10-11H2,1H3,(H2,22,26)(H,23,27). The molecule has 3 rings (SSSR count). The first-order chi connectivity index (χ1) is 14.3. The van der Waals surface area contributed by atoms with Gasteiger partial charge in [0.1, 0.15) is 0 Å². The van der Waals surface area contributed by atoms with Gasteiger partial charge in [0.05, 0.1) is 18.3 Å². The largest absolute Gasteiger partial charge is 0.452 e. The van der Waals surface area contributed by atoms with Crippen molar-refractivity contribution in [2.45, 2.75) is 45.1 Å². The van der Waals surface area contributed by atoms with Crippen molar-refractivity contribution in [1.29, 1.82) is 0 Å². The Morgan fingerprint density at radius 2 is 1.67 bits per heavy atom. The highest BCUT2D eigenvalue weighted by atomic mass is 16.5. The summed E-state index contributed by atoms with van der Waals surface area (Å²) in [6.45, 7) is 1.39. The molecule has 0 bridgehead atoms. The molecule has 1 aliphatic carbocycles. The van der Waals surface area contributed by atoms with Crippen LogP contribution in [-0.4, -0.2) is 47.1 Å². The molecule has 9 nitrogen and oxygen atoms in total. The number of ether oxygens (including phenoxy) is 1. The number of benzene rings is 1. The molecule has 0 radical (unpaired) electrons. The number of likely N-dealkylation sites (tertiary alicyclic amines) is 1. The number of anilines is 1. The molecule has 160 valence electrons. The number of primary amides is 1. The minimum Gasteiger partial charge on any atom is -0.452 e. The maximum absolute atomic E-state index is 12.4. The van der Waals surface area contributed by atoms with E-state index in [9.17, 15) is 24.0 Å². The number of imide groups is 1. The lowest BCUT2D eigenvalue weighted by atomic mass is 9.81. The molecule has 30 heavy (non-hydrogen) atoms. The molecule has 3 N–H and O–H groups in total. The molecule has 2 aliphatic rings. The fraction of sp³-hybridized carbons (Fsp3) is 0.476. The Bertz CT molecular complexity index is 842. The number of rotatable bonds is 7. The van der Waals surface area contributed by atoms with Gasteiger partial charge in [0.25, 0.3) is 5.91 Å². The first kappa shape index (κ1) is 21.5. The van der Waals surface area contributed by atoms with Gasteiger partial charge in [-0.3, -0.25) is 28.9 Å². The Morgan fingerprint density at radius 3 is 2.20 bits per heavy atom. The summed E-state index contributed by atoms with van der Waals surface area (Å²) in [4.78, 5) is 61.4. The lowest BCUT2D eigenvalue weighted by molar-refractivity contribution is -0.154. The number of fused-ring (bicyclic) bond motifs is 1. The van der Waals surface area contributed by atoms with E-state index in [4.69, 9.17) is 10.5 Å². The first-order valence-corrected chi connectivity index (χ1v) is 10.0. The summed E-state index contributed by atoms with van der Waals surface area (Å²) in [5.74, 6) is -2.72. The molecule has 2 fully saturated rings. The molecule has 1 aromatic rings. The van der Waals surface area contributed by atoms with Crippen molar-refractivity contribution in [3.8, 4) is 0 Å². The van der Waals surface area contributed by atoms with E-state index >= 15 is 0 Å². The Morgan fingerprint density at radius 1 is 1.10 bits per heavy atom. The SMILES string of the molecule is CC(OC(=O)CCN1C(=O)C2CCCCC2C1=O)C(=O)Nc1ccc(C(N)=O)cc1. The van der Waals surface area contributed by atoms with Crippen LogP contribution in [0, 0.1) is 11.8 Å². The summed E-state index contributed by atoms with van der Waals surface area (Å²) in [7, 11) is 0. The summed E-state index contributed by atoms with van der Waals surface area (Å²) in [6, 6.07) is 5.96. The number of hydrogen-bond acceptors (Lipinski definition) is 6.